The summed E-state index contributed by atoms with van der Waals surface area (Å²) >= 11 is 0. The lowest BCUT2D eigenvalue weighted by molar-refractivity contribution is -0.123. The molecule has 92 valence electrons. The predicted octanol–water partition coefficient (Wildman–Crippen LogP) is 1.00. The molecule has 4 nitrogen and oxygen atoms in total. The van der Waals surface area contributed by atoms with Crippen LogP contribution in [0.1, 0.15) is 24.6 Å². The van der Waals surface area contributed by atoms with Crippen LogP contribution in [0.3, 0.4) is 0 Å². The largest absolute Gasteiger partial charge is 0.349 e. The van der Waals surface area contributed by atoms with E-state index in [2.05, 4.69) is 22.5 Å². The fraction of sp³-hybridized carbons (Fsp3) is 0.538. The number of hydrogen-bond acceptors (Lipinski definition) is 3. The molecule has 0 radical (unpaired) electrons. The van der Waals surface area contributed by atoms with Gasteiger partial charge in [-0.15, -0.1) is 0 Å². The lowest BCUT2D eigenvalue weighted by Crippen LogP contribution is -2.43. The molecule has 17 heavy (non-hydrogen) atoms. The molecule has 0 spiro atoms. The van der Waals surface area contributed by atoms with E-state index in [4.69, 9.17) is 0 Å². The fourth-order valence-electron chi connectivity index (χ4n) is 2.17. The van der Waals surface area contributed by atoms with Gasteiger partial charge in [0.25, 0.3) is 0 Å². The van der Waals surface area contributed by atoms with Crippen molar-refractivity contribution >= 4 is 5.91 Å². The zero-order valence-corrected chi connectivity index (χ0v) is 10.4. The van der Waals surface area contributed by atoms with Crippen molar-refractivity contribution in [3.63, 3.8) is 0 Å². The maximum Gasteiger partial charge on any atom is 0.237 e. The van der Waals surface area contributed by atoms with Gasteiger partial charge in [0.15, 0.2) is 0 Å². The molecule has 1 aliphatic rings. The standard InChI is InChI=1S/C13H19N3O/c1-9-4-3-6-14-11(9)8-16-13(17)12-10(2)5-7-15-12/h3-4,6,10,12,15H,5,7-8H2,1-2H3,(H,16,17). The van der Waals surface area contributed by atoms with E-state index in [1.54, 1.807) is 6.20 Å². The van der Waals surface area contributed by atoms with Crippen LogP contribution < -0.4 is 10.6 Å². The van der Waals surface area contributed by atoms with Gasteiger partial charge < -0.3 is 10.6 Å². The van der Waals surface area contributed by atoms with Gasteiger partial charge in [-0.25, -0.2) is 0 Å². The molecule has 0 bridgehead atoms. The number of hydrogen-bond donors (Lipinski definition) is 2. The third kappa shape index (κ3) is 2.82. The number of carbonyl (C=O) groups is 1. The highest BCUT2D eigenvalue weighted by Crippen LogP contribution is 2.14. The summed E-state index contributed by atoms with van der Waals surface area (Å²) in [6.45, 7) is 5.56. The van der Waals surface area contributed by atoms with E-state index in [0.717, 1.165) is 24.2 Å². The first kappa shape index (κ1) is 12.0. The topological polar surface area (TPSA) is 54.0 Å². The molecular formula is C13H19N3O. The van der Waals surface area contributed by atoms with Gasteiger partial charge >= 0.3 is 0 Å². The van der Waals surface area contributed by atoms with Gasteiger partial charge in [0.1, 0.15) is 0 Å². The quantitative estimate of drug-likeness (QED) is 0.819. The first-order chi connectivity index (χ1) is 8.18. The van der Waals surface area contributed by atoms with E-state index in [0.29, 0.717) is 12.5 Å². The van der Waals surface area contributed by atoms with Crippen LogP contribution in [0.15, 0.2) is 18.3 Å². The Bertz CT molecular complexity index is 405. The summed E-state index contributed by atoms with van der Waals surface area (Å²) in [7, 11) is 0. The Morgan fingerprint density at radius 2 is 2.47 bits per heavy atom. The molecule has 1 aliphatic heterocycles. The van der Waals surface area contributed by atoms with Crippen molar-refractivity contribution in [2.75, 3.05) is 6.54 Å². The Morgan fingerprint density at radius 3 is 3.12 bits per heavy atom. The van der Waals surface area contributed by atoms with Gasteiger partial charge in [0.05, 0.1) is 18.3 Å². The highest BCUT2D eigenvalue weighted by molar-refractivity contribution is 5.82. The predicted molar refractivity (Wildman–Crippen MR) is 66.4 cm³/mol. The van der Waals surface area contributed by atoms with Crippen LogP contribution in [0.2, 0.25) is 0 Å². The number of rotatable bonds is 3. The minimum Gasteiger partial charge on any atom is -0.349 e. The van der Waals surface area contributed by atoms with Gasteiger partial charge in [-0.1, -0.05) is 13.0 Å². The van der Waals surface area contributed by atoms with Gasteiger partial charge in [-0.05, 0) is 37.4 Å². The summed E-state index contributed by atoms with van der Waals surface area (Å²) in [5.41, 5.74) is 2.05. The first-order valence-corrected chi connectivity index (χ1v) is 6.10. The second-order valence-corrected chi connectivity index (χ2v) is 4.68. The normalized spacial score (nSPS) is 23.6. The average molecular weight is 233 g/mol. The van der Waals surface area contributed by atoms with Crippen molar-refractivity contribution in [2.24, 2.45) is 5.92 Å². The van der Waals surface area contributed by atoms with Crippen LogP contribution >= 0.6 is 0 Å². The first-order valence-electron chi connectivity index (χ1n) is 6.10. The van der Waals surface area contributed by atoms with Crippen molar-refractivity contribution in [1.29, 1.82) is 0 Å². The summed E-state index contributed by atoms with van der Waals surface area (Å²) < 4.78 is 0. The smallest absolute Gasteiger partial charge is 0.237 e. The summed E-state index contributed by atoms with van der Waals surface area (Å²) in [6.07, 6.45) is 2.83. The number of pyridine rings is 1. The second kappa shape index (κ2) is 5.27. The summed E-state index contributed by atoms with van der Waals surface area (Å²) in [4.78, 5) is 16.2. The molecule has 1 aromatic rings. The van der Waals surface area contributed by atoms with Gasteiger partial charge in [-0.3, -0.25) is 9.78 Å². The van der Waals surface area contributed by atoms with Crippen LogP contribution in [0, 0.1) is 12.8 Å². The Hall–Kier alpha value is -1.42. The van der Waals surface area contributed by atoms with Crippen molar-refractivity contribution in [2.45, 2.75) is 32.9 Å². The molecule has 2 rings (SSSR count). The summed E-state index contributed by atoms with van der Waals surface area (Å²) in [5.74, 6) is 0.500. The van der Waals surface area contributed by atoms with E-state index >= 15 is 0 Å². The molecule has 1 amide bonds. The van der Waals surface area contributed by atoms with E-state index in [-0.39, 0.29) is 11.9 Å². The van der Waals surface area contributed by atoms with E-state index < -0.39 is 0 Å². The lowest BCUT2D eigenvalue weighted by atomic mass is 10.0. The molecule has 2 heterocycles. The minimum absolute atomic E-state index is 0.0426. The second-order valence-electron chi connectivity index (χ2n) is 4.68. The molecular weight excluding hydrogens is 214 g/mol. The van der Waals surface area contributed by atoms with E-state index in [9.17, 15) is 4.79 Å². The SMILES string of the molecule is Cc1cccnc1CNC(=O)C1NCCC1C. The third-order valence-corrected chi connectivity index (χ3v) is 3.36. The molecule has 0 saturated carbocycles. The molecule has 0 aromatic carbocycles. The van der Waals surface area contributed by atoms with Gasteiger partial charge in [0, 0.05) is 6.20 Å². The number of nitrogens with zero attached hydrogens (tertiary/aromatic N) is 1. The van der Waals surface area contributed by atoms with E-state index in [1.165, 1.54) is 0 Å². The number of aromatic nitrogens is 1. The lowest BCUT2D eigenvalue weighted by Gasteiger charge is -2.15. The Labute approximate surface area is 102 Å². The highest BCUT2D eigenvalue weighted by Gasteiger charge is 2.28. The monoisotopic (exact) mass is 233 g/mol. The Kier molecular flexibility index (Phi) is 3.74. The zero-order chi connectivity index (χ0) is 12.3. The minimum atomic E-state index is -0.0426. The van der Waals surface area contributed by atoms with Crippen LogP contribution in [0.5, 0.6) is 0 Å². The average Bonchev–Trinajstić information content (AvgIpc) is 2.74. The van der Waals surface area contributed by atoms with Crippen LogP contribution in [-0.4, -0.2) is 23.5 Å². The van der Waals surface area contributed by atoms with Crippen molar-refractivity contribution in [3.05, 3.63) is 29.6 Å². The molecule has 4 heteroatoms. The van der Waals surface area contributed by atoms with Gasteiger partial charge in [0.2, 0.25) is 5.91 Å². The van der Waals surface area contributed by atoms with Crippen molar-refractivity contribution in [3.8, 4) is 0 Å². The van der Waals surface area contributed by atoms with Gasteiger partial charge in [-0.2, -0.15) is 0 Å². The summed E-state index contributed by atoms with van der Waals surface area (Å²) in [5, 5.41) is 6.17. The molecule has 2 unspecified atom stereocenters. The maximum atomic E-state index is 11.9. The number of carbonyl (C=O) groups excluding carboxylic acids is 1. The Balaban J connectivity index is 1.90. The number of amides is 1. The Morgan fingerprint density at radius 1 is 1.65 bits per heavy atom. The van der Waals surface area contributed by atoms with E-state index in [1.807, 2.05) is 19.1 Å². The fourth-order valence-corrected chi connectivity index (χ4v) is 2.17. The van der Waals surface area contributed by atoms with Crippen LogP contribution in [-0.2, 0) is 11.3 Å². The van der Waals surface area contributed by atoms with Crippen molar-refractivity contribution < 1.29 is 4.79 Å². The number of nitrogens with one attached hydrogen (secondary N) is 2. The molecule has 0 aliphatic carbocycles. The molecule has 1 aromatic heterocycles. The summed E-state index contributed by atoms with van der Waals surface area (Å²) in [6, 6.07) is 3.87. The van der Waals surface area contributed by atoms with Crippen molar-refractivity contribution in [1.82, 2.24) is 15.6 Å². The van der Waals surface area contributed by atoms with Crippen LogP contribution in [0.4, 0.5) is 0 Å². The highest BCUT2D eigenvalue weighted by atomic mass is 16.2. The third-order valence-electron chi connectivity index (χ3n) is 3.36. The maximum absolute atomic E-state index is 11.9. The zero-order valence-electron chi connectivity index (χ0n) is 10.4. The van der Waals surface area contributed by atoms with Crippen LogP contribution in [0.25, 0.3) is 0 Å². The molecule has 1 saturated heterocycles. The number of aryl methyl sites for hydroxylation is 1. The molecule has 2 atom stereocenters. The molecule has 1 fully saturated rings. The molecule has 2 N–H and O–H groups in total.